The molecule has 0 saturated carbocycles. The Balaban J connectivity index is 2.48. The van der Waals surface area contributed by atoms with E-state index in [2.05, 4.69) is 31.7 Å². The van der Waals surface area contributed by atoms with Gasteiger partial charge in [-0.1, -0.05) is 18.5 Å². The van der Waals surface area contributed by atoms with E-state index in [0.717, 1.165) is 17.1 Å². The normalized spacial score (nSPS) is 24.3. The minimum atomic E-state index is 0.556. The van der Waals surface area contributed by atoms with Crippen LogP contribution in [0.25, 0.3) is 0 Å². The molecule has 0 bridgehead atoms. The first-order chi connectivity index (χ1) is 8.54. The van der Waals surface area contributed by atoms with Gasteiger partial charge < -0.3 is 10.6 Å². The van der Waals surface area contributed by atoms with Gasteiger partial charge in [0.15, 0.2) is 0 Å². The summed E-state index contributed by atoms with van der Waals surface area (Å²) in [6.45, 7) is 6.75. The molecule has 2 atom stereocenters. The molecule has 1 saturated heterocycles. The lowest BCUT2D eigenvalue weighted by atomic mass is 9.95. The van der Waals surface area contributed by atoms with Gasteiger partial charge in [0, 0.05) is 17.8 Å². The first kappa shape index (κ1) is 13.5. The molecule has 2 rings (SSSR count). The number of nitrogens with zero attached hydrogens (tertiary/aromatic N) is 1. The van der Waals surface area contributed by atoms with Crippen LogP contribution < -0.4 is 10.6 Å². The number of halogens is 1. The van der Waals surface area contributed by atoms with Gasteiger partial charge in [0.1, 0.15) is 0 Å². The second kappa shape index (κ2) is 5.40. The molecule has 100 valence electrons. The molecule has 2 N–H and O–H groups in total. The topological polar surface area (TPSA) is 29.3 Å². The van der Waals surface area contributed by atoms with Gasteiger partial charge in [-0.2, -0.15) is 0 Å². The molecule has 0 unspecified atom stereocenters. The van der Waals surface area contributed by atoms with Gasteiger partial charge in [-0.25, -0.2) is 0 Å². The van der Waals surface area contributed by atoms with E-state index in [1.165, 1.54) is 30.5 Å². The predicted molar refractivity (Wildman–Crippen MR) is 80.5 cm³/mol. The van der Waals surface area contributed by atoms with Crippen molar-refractivity contribution in [3.8, 4) is 0 Å². The smallest absolute Gasteiger partial charge is 0.0663 e. The number of piperidine rings is 1. The molecule has 1 aliphatic heterocycles. The van der Waals surface area contributed by atoms with Crippen LogP contribution in [0.4, 0.5) is 11.4 Å². The van der Waals surface area contributed by atoms with Crippen molar-refractivity contribution in [1.82, 2.24) is 0 Å². The van der Waals surface area contributed by atoms with Crippen molar-refractivity contribution in [1.29, 1.82) is 0 Å². The lowest BCUT2D eigenvalue weighted by Gasteiger charge is -2.42. The van der Waals surface area contributed by atoms with E-state index in [-0.39, 0.29) is 0 Å². The number of nitrogens with two attached hydrogens (primary N) is 1. The number of aryl methyl sites for hydroxylation is 1. The Labute approximate surface area is 115 Å². The quantitative estimate of drug-likeness (QED) is 0.811. The van der Waals surface area contributed by atoms with Crippen LogP contribution in [-0.2, 0) is 6.42 Å². The van der Waals surface area contributed by atoms with Crippen LogP contribution in [-0.4, -0.2) is 12.1 Å². The SMILES string of the molecule is CCc1cc(N)cc(Cl)c1N1[C@@H](C)CCC[C@@H]1C. The van der Waals surface area contributed by atoms with E-state index < -0.39 is 0 Å². The summed E-state index contributed by atoms with van der Waals surface area (Å²) in [5.74, 6) is 0. The maximum absolute atomic E-state index is 6.46. The van der Waals surface area contributed by atoms with E-state index >= 15 is 0 Å². The summed E-state index contributed by atoms with van der Waals surface area (Å²) in [5, 5.41) is 0.799. The first-order valence-electron chi connectivity index (χ1n) is 6.90. The molecule has 1 aromatic rings. The third-order valence-corrected chi connectivity index (χ3v) is 4.29. The summed E-state index contributed by atoms with van der Waals surface area (Å²) in [4.78, 5) is 2.49. The van der Waals surface area contributed by atoms with Gasteiger partial charge in [-0.05, 0) is 57.2 Å². The highest BCUT2D eigenvalue weighted by molar-refractivity contribution is 6.33. The molecule has 18 heavy (non-hydrogen) atoms. The van der Waals surface area contributed by atoms with Crippen LogP contribution >= 0.6 is 11.6 Å². The van der Waals surface area contributed by atoms with Crippen molar-refractivity contribution >= 4 is 23.0 Å². The molecule has 0 spiro atoms. The van der Waals surface area contributed by atoms with E-state index in [4.69, 9.17) is 17.3 Å². The molecular weight excluding hydrogens is 244 g/mol. The Morgan fingerprint density at radius 2 is 1.89 bits per heavy atom. The molecule has 1 aromatic carbocycles. The summed E-state index contributed by atoms with van der Waals surface area (Å²) in [7, 11) is 0. The van der Waals surface area contributed by atoms with Crippen molar-refractivity contribution in [3.05, 3.63) is 22.7 Å². The Morgan fingerprint density at radius 3 is 2.44 bits per heavy atom. The first-order valence-corrected chi connectivity index (χ1v) is 7.28. The van der Waals surface area contributed by atoms with Crippen molar-refractivity contribution < 1.29 is 0 Å². The van der Waals surface area contributed by atoms with Crippen LogP contribution in [0.2, 0.25) is 5.02 Å². The fourth-order valence-electron chi connectivity index (χ4n) is 3.10. The number of anilines is 2. The number of hydrogen-bond acceptors (Lipinski definition) is 2. The Morgan fingerprint density at radius 1 is 1.28 bits per heavy atom. The fourth-order valence-corrected chi connectivity index (χ4v) is 3.44. The van der Waals surface area contributed by atoms with Gasteiger partial charge in [-0.3, -0.25) is 0 Å². The molecule has 3 heteroatoms. The molecule has 0 radical (unpaired) electrons. The number of nitrogen functional groups attached to an aromatic ring is 1. The highest BCUT2D eigenvalue weighted by atomic mass is 35.5. The number of hydrogen-bond donors (Lipinski definition) is 1. The summed E-state index contributed by atoms with van der Waals surface area (Å²) < 4.78 is 0. The van der Waals surface area contributed by atoms with Crippen LogP contribution in [0.1, 0.15) is 45.6 Å². The molecule has 0 aromatic heterocycles. The minimum absolute atomic E-state index is 0.556. The summed E-state index contributed by atoms with van der Waals surface area (Å²) in [6.07, 6.45) is 4.77. The van der Waals surface area contributed by atoms with Gasteiger partial charge in [0.2, 0.25) is 0 Å². The summed E-state index contributed by atoms with van der Waals surface area (Å²) in [5.41, 5.74) is 9.13. The van der Waals surface area contributed by atoms with Gasteiger partial charge in [0.05, 0.1) is 10.7 Å². The van der Waals surface area contributed by atoms with Gasteiger partial charge >= 0.3 is 0 Å². The van der Waals surface area contributed by atoms with E-state index in [0.29, 0.717) is 12.1 Å². The van der Waals surface area contributed by atoms with Crippen molar-refractivity contribution in [3.63, 3.8) is 0 Å². The third kappa shape index (κ3) is 2.44. The average molecular weight is 267 g/mol. The Bertz CT molecular complexity index is 421. The predicted octanol–water partition coefficient (Wildman–Crippen LogP) is 4.25. The lowest BCUT2D eigenvalue weighted by molar-refractivity contribution is 0.413. The second-order valence-electron chi connectivity index (χ2n) is 5.40. The molecular formula is C15H23ClN2. The monoisotopic (exact) mass is 266 g/mol. The van der Waals surface area contributed by atoms with E-state index in [1.54, 1.807) is 0 Å². The molecule has 1 aliphatic rings. The maximum Gasteiger partial charge on any atom is 0.0663 e. The summed E-state index contributed by atoms with van der Waals surface area (Å²) in [6, 6.07) is 5.06. The molecule has 0 amide bonds. The molecule has 2 nitrogen and oxygen atoms in total. The molecule has 1 fully saturated rings. The molecule has 0 aliphatic carbocycles. The standard InChI is InChI=1S/C15H23ClN2/c1-4-12-8-13(17)9-14(16)15(12)18-10(2)6-5-7-11(18)3/h8-11H,4-7,17H2,1-3H3/t10-,11-/m0/s1. The average Bonchev–Trinajstić information content (AvgIpc) is 2.30. The zero-order chi connectivity index (χ0) is 13.3. The Hall–Kier alpha value is -0.890. The van der Waals surface area contributed by atoms with E-state index in [1.807, 2.05) is 6.07 Å². The van der Waals surface area contributed by atoms with Crippen LogP contribution in [0.5, 0.6) is 0 Å². The molecule has 1 heterocycles. The minimum Gasteiger partial charge on any atom is -0.399 e. The van der Waals surface area contributed by atoms with Gasteiger partial charge in [0.25, 0.3) is 0 Å². The number of benzene rings is 1. The fraction of sp³-hybridized carbons (Fsp3) is 0.600. The van der Waals surface area contributed by atoms with Gasteiger partial charge in [-0.15, -0.1) is 0 Å². The van der Waals surface area contributed by atoms with Crippen LogP contribution in [0.3, 0.4) is 0 Å². The second-order valence-corrected chi connectivity index (χ2v) is 5.81. The largest absolute Gasteiger partial charge is 0.399 e. The zero-order valence-electron chi connectivity index (χ0n) is 11.5. The van der Waals surface area contributed by atoms with Crippen molar-refractivity contribution in [2.75, 3.05) is 10.6 Å². The van der Waals surface area contributed by atoms with Crippen LogP contribution in [0, 0.1) is 0 Å². The third-order valence-electron chi connectivity index (χ3n) is 4.00. The lowest BCUT2D eigenvalue weighted by Crippen LogP contribution is -2.44. The van der Waals surface area contributed by atoms with Crippen molar-refractivity contribution in [2.24, 2.45) is 0 Å². The Kier molecular flexibility index (Phi) is 4.06. The highest BCUT2D eigenvalue weighted by Gasteiger charge is 2.28. The zero-order valence-corrected chi connectivity index (χ0v) is 12.3. The number of rotatable bonds is 2. The highest BCUT2D eigenvalue weighted by Crippen LogP contribution is 2.38. The van der Waals surface area contributed by atoms with Crippen molar-refractivity contribution in [2.45, 2.75) is 58.5 Å². The summed E-state index contributed by atoms with van der Waals surface area (Å²) >= 11 is 6.46. The van der Waals surface area contributed by atoms with E-state index in [9.17, 15) is 0 Å². The maximum atomic E-state index is 6.46. The van der Waals surface area contributed by atoms with Crippen LogP contribution in [0.15, 0.2) is 12.1 Å².